The van der Waals surface area contributed by atoms with Gasteiger partial charge in [-0.05, 0) is 36.8 Å². The van der Waals surface area contributed by atoms with Gasteiger partial charge in [-0.3, -0.25) is 4.79 Å². The van der Waals surface area contributed by atoms with Crippen molar-refractivity contribution in [1.29, 1.82) is 0 Å². The maximum absolute atomic E-state index is 12.1. The summed E-state index contributed by atoms with van der Waals surface area (Å²) in [5, 5.41) is 3.04. The molecule has 102 valence electrons. The molecule has 1 heterocycles. The molecule has 0 bridgehead atoms. The van der Waals surface area contributed by atoms with Gasteiger partial charge in [0.25, 0.3) is 0 Å². The van der Waals surface area contributed by atoms with E-state index in [0.717, 1.165) is 17.7 Å². The number of benzene rings is 1. The van der Waals surface area contributed by atoms with Crippen molar-refractivity contribution in [2.45, 2.75) is 24.6 Å². The monoisotopic (exact) mass is 279 g/mol. The zero-order valence-corrected chi connectivity index (χ0v) is 11.5. The lowest BCUT2D eigenvalue weighted by Gasteiger charge is -2.24. The Kier molecular flexibility index (Phi) is 3.65. The highest BCUT2D eigenvalue weighted by Gasteiger charge is 2.31. The first-order chi connectivity index (χ1) is 9.24. The maximum Gasteiger partial charge on any atom is 0.226 e. The van der Waals surface area contributed by atoms with Crippen molar-refractivity contribution < 1.29 is 9.53 Å². The largest absolute Gasteiger partial charge is 0.492 e. The van der Waals surface area contributed by atoms with E-state index in [4.69, 9.17) is 16.3 Å². The fourth-order valence-corrected chi connectivity index (χ4v) is 2.79. The summed E-state index contributed by atoms with van der Waals surface area (Å²) < 4.78 is 5.63. The van der Waals surface area contributed by atoms with E-state index >= 15 is 0 Å². The van der Waals surface area contributed by atoms with Crippen LogP contribution in [0.1, 0.15) is 18.4 Å². The quantitative estimate of drug-likeness (QED) is 0.860. The topological polar surface area (TPSA) is 38.3 Å². The summed E-state index contributed by atoms with van der Waals surface area (Å²) in [6.45, 7) is 1.03. The minimum Gasteiger partial charge on any atom is -0.492 e. The first-order valence-electron chi connectivity index (χ1n) is 6.86. The number of nitrogens with one attached hydrogen (secondary N) is 1. The third kappa shape index (κ3) is 3.03. The highest BCUT2D eigenvalue weighted by Crippen LogP contribution is 2.35. The number of halogens is 1. The van der Waals surface area contributed by atoms with Crippen LogP contribution in [0, 0.1) is 11.8 Å². The average Bonchev–Trinajstić information content (AvgIpc) is 3.28. The van der Waals surface area contributed by atoms with Crippen LogP contribution in [0.3, 0.4) is 0 Å². The van der Waals surface area contributed by atoms with Crippen molar-refractivity contribution in [3.05, 3.63) is 29.8 Å². The highest BCUT2D eigenvalue weighted by molar-refractivity contribution is 6.21. The third-order valence-corrected chi connectivity index (χ3v) is 4.37. The molecule has 1 aliphatic carbocycles. The number of rotatable bonds is 4. The molecule has 3 rings (SSSR count). The van der Waals surface area contributed by atoms with Gasteiger partial charge in [0.15, 0.2) is 0 Å². The lowest BCUT2D eigenvalue weighted by molar-refractivity contribution is -0.126. The summed E-state index contributed by atoms with van der Waals surface area (Å²) >= 11 is 6.20. The molecule has 1 N–H and O–H groups in total. The van der Waals surface area contributed by atoms with Gasteiger partial charge in [-0.25, -0.2) is 0 Å². The molecular weight excluding hydrogens is 262 g/mol. The van der Waals surface area contributed by atoms with Crippen molar-refractivity contribution in [2.24, 2.45) is 11.8 Å². The zero-order chi connectivity index (χ0) is 13.2. The molecule has 3 nitrogen and oxygen atoms in total. The van der Waals surface area contributed by atoms with Crippen LogP contribution < -0.4 is 10.1 Å². The Labute approximate surface area is 118 Å². The number of amides is 1. The molecule has 1 aromatic carbocycles. The van der Waals surface area contributed by atoms with Gasteiger partial charge >= 0.3 is 0 Å². The van der Waals surface area contributed by atoms with E-state index in [1.165, 1.54) is 12.8 Å². The van der Waals surface area contributed by atoms with Gasteiger partial charge in [0.05, 0.1) is 11.3 Å². The van der Waals surface area contributed by atoms with Gasteiger partial charge in [-0.1, -0.05) is 18.2 Å². The smallest absolute Gasteiger partial charge is 0.226 e. The maximum atomic E-state index is 12.1. The first-order valence-corrected chi connectivity index (χ1v) is 7.30. The first kappa shape index (κ1) is 12.8. The van der Waals surface area contributed by atoms with Crippen LogP contribution in [0.2, 0.25) is 0 Å². The lowest BCUT2D eigenvalue weighted by Crippen LogP contribution is -2.40. The van der Waals surface area contributed by atoms with E-state index < -0.39 is 0 Å². The van der Waals surface area contributed by atoms with E-state index in [-0.39, 0.29) is 17.2 Å². The van der Waals surface area contributed by atoms with Crippen molar-refractivity contribution in [3.8, 4) is 5.75 Å². The number of fused-ring (bicyclic) bond motifs is 1. The number of carbonyl (C=O) groups excluding carboxylic acids is 1. The predicted octanol–water partition coefficient (Wildman–Crippen LogP) is 2.37. The molecule has 2 unspecified atom stereocenters. The van der Waals surface area contributed by atoms with Gasteiger partial charge < -0.3 is 10.1 Å². The van der Waals surface area contributed by atoms with E-state index in [1.807, 2.05) is 24.3 Å². The Morgan fingerprint density at radius 1 is 1.42 bits per heavy atom. The van der Waals surface area contributed by atoms with Gasteiger partial charge in [-0.15, -0.1) is 11.6 Å². The van der Waals surface area contributed by atoms with Crippen LogP contribution in [0.4, 0.5) is 0 Å². The third-order valence-electron chi connectivity index (χ3n) is 3.85. The summed E-state index contributed by atoms with van der Waals surface area (Å²) in [6.07, 6.45) is 3.15. The van der Waals surface area contributed by atoms with Crippen LogP contribution in [-0.2, 0) is 11.2 Å². The second-order valence-electron chi connectivity index (χ2n) is 5.42. The Hall–Kier alpha value is -1.22. The lowest BCUT2D eigenvalue weighted by atomic mass is 9.96. The zero-order valence-electron chi connectivity index (χ0n) is 10.8. The van der Waals surface area contributed by atoms with Gasteiger partial charge in [0.1, 0.15) is 12.4 Å². The van der Waals surface area contributed by atoms with E-state index in [1.54, 1.807) is 0 Å². The van der Waals surface area contributed by atoms with E-state index in [9.17, 15) is 4.79 Å². The molecular formula is C15H18ClNO2. The summed E-state index contributed by atoms with van der Waals surface area (Å²) in [7, 11) is 0. The molecule has 0 spiro atoms. The highest BCUT2D eigenvalue weighted by atomic mass is 35.5. The van der Waals surface area contributed by atoms with Crippen LogP contribution >= 0.6 is 11.6 Å². The molecule has 2 aliphatic rings. The molecule has 0 aromatic heterocycles. The summed E-state index contributed by atoms with van der Waals surface area (Å²) in [4.78, 5) is 12.1. The molecule has 2 atom stereocenters. The predicted molar refractivity (Wildman–Crippen MR) is 74.5 cm³/mol. The molecule has 1 aromatic rings. The van der Waals surface area contributed by atoms with Crippen molar-refractivity contribution >= 4 is 17.5 Å². The Bertz CT molecular complexity index is 473. The number of para-hydroxylation sites is 1. The molecule has 1 fully saturated rings. The number of carbonyl (C=O) groups is 1. The Morgan fingerprint density at radius 2 is 2.21 bits per heavy atom. The van der Waals surface area contributed by atoms with Gasteiger partial charge in [-0.2, -0.15) is 0 Å². The van der Waals surface area contributed by atoms with E-state index in [2.05, 4.69) is 5.32 Å². The second kappa shape index (κ2) is 5.41. The normalized spacial score (nSPS) is 23.1. The number of hydrogen-bond acceptors (Lipinski definition) is 2. The SMILES string of the molecule is O=C(NCC(Cl)C1CC1)C1COc2ccccc2C1. The molecule has 1 amide bonds. The Morgan fingerprint density at radius 3 is 3.00 bits per heavy atom. The van der Waals surface area contributed by atoms with Crippen LogP contribution in [0.15, 0.2) is 24.3 Å². The molecule has 1 saturated carbocycles. The minimum absolute atomic E-state index is 0.0563. The van der Waals surface area contributed by atoms with Gasteiger partial charge in [0.2, 0.25) is 5.91 Å². The van der Waals surface area contributed by atoms with Crippen molar-refractivity contribution in [3.63, 3.8) is 0 Å². The molecule has 0 radical (unpaired) electrons. The number of ether oxygens (including phenoxy) is 1. The van der Waals surface area contributed by atoms with Crippen LogP contribution in [-0.4, -0.2) is 24.4 Å². The second-order valence-corrected chi connectivity index (χ2v) is 5.98. The summed E-state index contributed by atoms with van der Waals surface area (Å²) in [6, 6.07) is 7.89. The molecule has 19 heavy (non-hydrogen) atoms. The van der Waals surface area contributed by atoms with Gasteiger partial charge in [0, 0.05) is 6.54 Å². The fourth-order valence-electron chi connectivity index (χ4n) is 2.46. The Balaban J connectivity index is 1.53. The van der Waals surface area contributed by atoms with Crippen LogP contribution in [0.5, 0.6) is 5.75 Å². The summed E-state index contributed by atoms with van der Waals surface area (Å²) in [5.41, 5.74) is 1.11. The molecule has 0 saturated heterocycles. The average molecular weight is 280 g/mol. The van der Waals surface area contributed by atoms with Crippen molar-refractivity contribution in [2.75, 3.05) is 13.2 Å². The standard InChI is InChI=1S/C15H18ClNO2/c16-13(10-5-6-10)8-17-15(18)12-7-11-3-1-2-4-14(11)19-9-12/h1-4,10,12-13H,5-9H2,(H,17,18). The van der Waals surface area contributed by atoms with Crippen molar-refractivity contribution in [1.82, 2.24) is 5.32 Å². The molecule has 1 aliphatic heterocycles. The minimum atomic E-state index is -0.0991. The van der Waals surface area contributed by atoms with E-state index in [0.29, 0.717) is 19.1 Å². The number of hydrogen-bond donors (Lipinski definition) is 1. The summed E-state index contributed by atoms with van der Waals surface area (Å²) in [5.74, 6) is 1.46. The number of alkyl halides is 1. The molecule has 4 heteroatoms. The fraction of sp³-hybridized carbons (Fsp3) is 0.533. The van der Waals surface area contributed by atoms with Crippen LogP contribution in [0.25, 0.3) is 0 Å².